The highest BCUT2D eigenvalue weighted by Crippen LogP contribution is 2.23. The van der Waals surface area contributed by atoms with Crippen LogP contribution in [0.3, 0.4) is 0 Å². The number of thiazole rings is 1. The minimum absolute atomic E-state index is 0.221. The maximum atomic E-state index is 12.2. The van der Waals surface area contributed by atoms with Crippen LogP contribution in [0.25, 0.3) is 10.2 Å². The molecule has 1 fully saturated rings. The Balaban J connectivity index is 1.51. The van der Waals surface area contributed by atoms with Crippen molar-refractivity contribution in [3.05, 3.63) is 29.3 Å². The fourth-order valence-electron chi connectivity index (χ4n) is 2.71. The molecule has 1 aliphatic rings. The highest BCUT2D eigenvalue weighted by atomic mass is 32.2. The molecule has 3 rings (SSSR count). The molecular formula is C15H20N2O3S2. The highest BCUT2D eigenvalue weighted by molar-refractivity contribution is 7.90. The summed E-state index contributed by atoms with van der Waals surface area (Å²) in [4.78, 5) is 4.56. The second-order valence-electron chi connectivity index (χ2n) is 5.52. The third-order valence-corrected chi connectivity index (χ3v) is 7.03. The molecule has 1 aliphatic heterocycles. The van der Waals surface area contributed by atoms with E-state index in [0.717, 1.165) is 23.4 Å². The monoisotopic (exact) mass is 340 g/mol. The van der Waals surface area contributed by atoms with Gasteiger partial charge in [-0.2, -0.15) is 0 Å². The van der Waals surface area contributed by atoms with Gasteiger partial charge in [0.1, 0.15) is 5.25 Å². The van der Waals surface area contributed by atoms with Gasteiger partial charge in [-0.1, -0.05) is 12.1 Å². The van der Waals surface area contributed by atoms with Crippen LogP contribution < -0.4 is 4.72 Å². The van der Waals surface area contributed by atoms with Crippen molar-refractivity contribution in [2.24, 2.45) is 0 Å². The average Bonchev–Trinajstić information content (AvgIpc) is 3.09. The summed E-state index contributed by atoms with van der Waals surface area (Å²) in [7, 11) is -3.28. The zero-order chi connectivity index (χ0) is 15.6. The number of aromatic nitrogens is 1. The molecule has 0 bridgehead atoms. The summed E-state index contributed by atoms with van der Waals surface area (Å²) in [6.45, 7) is 2.79. The van der Waals surface area contributed by atoms with Gasteiger partial charge in [0.25, 0.3) is 0 Å². The fraction of sp³-hybridized carbons (Fsp3) is 0.533. The van der Waals surface area contributed by atoms with Crippen LogP contribution in [-0.2, 0) is 21.2 Å². The van der Waals surface area contributed by atoms with Gasteiger partial charge >= 0.3 is 0 Å². The molecule has 2 aromatic rings. The summed E-state index contributed by atoms with van der Waals surface area (Å²) in [6.07, 6.45) is 1.90. The molecule has 1 N–H and O–H groups in total. The Bertz CT molecular complexity index is 709. The summed E-state index contributed by atoms with van der Waals surface area (Å²) < 4.78 is 33.6. The molecule has 5 nitrogen and oxygen atoms in total. The molecule has 0 unspecified atom stereocenters. The van der Waals surface area contributed by atoms with E-state index in [9.17, 15) is 8.42 Å². The van der Waals surface area contributed by atoms with Gasteiger partial charge in [0.05, 0.1) is 21.3 Å². The maximum absolute atomic E-state index is 12.2. The first kappa shape index (κ1) is 15.9. The van der Waals surface area contributed by atoms with Crippen molar-refractivity contribution in [1.82, 2.24) is 9.71 Å². The summed E-state index contributed by atoms with van der Waals surface area (Å²) >= 11 is 1.67. The Kier molecular flexibility index (Phi) is 4.77. The van der Waals surface area contributed by atoms with Crippen molar-refractivity contribution in [2.45, 2.75) is 37.5 Å². The fourth-order valence-corrected chi connectivity index (χ4v) is 5.35. The van der Waals surface area contributed by atoms with E-state index in [2.05, 4.69) is 15.8 Å². The average molecular weight is 340 g/mol. The predicted octanol–water partition coefficient (Wildman–Crippen LogP) is 2.33. The summed E-state index contributed by atoms with van der Waals surface area (Å²) in [5.41, 5.74) is 1.01. The van der Waals surface area contributed by atoms with Gasteiger partial charge < -0.3 is 4.74 Å². The van der Waals surface area contributed by atoms with Crippen molar-refractivity contribution >= 4 is 31.6 Å². The van der Waals surface area contributed by atoms with E-state index in [1.54, 1.807) is 11.3 Å². The van der Waals surface area contributed by atoms with Crippen LogP contribution in [0.1, 0.15) is 24.8 Å². The smallest absolute Gasteiger partial charge is 0.217 e. The molecule has 0 radical (unpaired) electrons. The van der Waals surface area contributed by atoms with Gasteiger partial charge in [-0.05, 0) is 31.9 Å². The number of nitrogens with zero attached hydrogens (tertiary/aromatic N) is 1. The topological polar surface area (TPSA) is 68.3 Å². The first-order chi connectivity index (χ1) is 10.6. The number of hydrogen-bond acceptors (Lipinski definition) is 5. The standard InChI is InChI=1S/C15H20N2O3S2/c1-11-14(8-10-20-11)22(18,19)16-9-4-7-15-17-12-5-2-3-6-13(12)21-15/h2-3,5-6,11,14,16H,4,7-10H2,1H3/t11-,14+/m1/s1. The Morgan fingerprint density at radius 3 is 2.95 bits per heavy atom. The zero-order valence-electron chi connectivity index (χ0n) is 12.5. The van der Waals surface area contributed by atoms with E-state index in [1.807, 2.05) is 25.1 Å². The lowest BCUT2D eigenvalue weighted by molar-refractivity contribution is 0.126. The third kappa shape index (κ3) is 3.48. The number of sulfonamides is 1. The summed E-state index contributed by atoms with van der Waals surface area (Å²) in [6, 6.07) is 8.04. The van der Waals surface area contributed by atoms with Gasteiger partial charge in [-0.25, -0.2) is 18.1 Å². The molecule has 7 heteroatoms. The normalized spacial score (nSPS) is 22.4. The van der Waals surface area contributed by atoms with Gasteiger partial charge in [-0.15, -0.1) is 11.3 Å². The number of fused-ring (bicyclic) bond motifs is 1. The van der Waals surface area contributed by atoms with Crippen molar-refractivity contribution in [3.63, 3.8) is 0 Å². The van der Waals surface area contributed by atoms with Gasteiger partial charge in [0.2, 0.25) is 10.0 Å². The number of benzene rings is 1. The molecule has 2 atom stereocenters. The van der Waals surface area contributed by atoms with Crippen LogP contribution >= 0.6 is 11.3 Å². The van der Waals surface area contributed by atoms with Gasteiger partial charge in [0, 0.05) is 19.6 Å². The van der Waals surface area contributed by atoms with Crippen LogP contribution in [0.15, 0.2) is 24.3 Å². The Labute approximate surface area is 134 Å². The van der Waals surface area contributed by atoms with Crippen molar-refractivity contribution in [1.29, 1.82) is 0 Å². The molecule has 1 aromatic heterocycles. The van der Waals surface area contributed by atoms with E-state index < -0.39 is 15.3 Å². The predicted molar refractivity (Wildman–Crippen MR) is 88.7 cm³/mol. The quantitative estimate of drug-likeness (QED) is 0.820. The Morgan fingerprint density at radius 1 is 1.41 bits per heavy atom. The minimum atomic E-state index is -3.28. The highest BCUT2D eigenvalue weighted by Gasteiger charge is 2.35. The van der Waals surface area contributed by atoms with Crippen LogP contribution in [0.5, 0.6) is 0 Å². The van der Waals surface area contributed by atoms with E-state index in [1.165, 1.54) is 4.70 Å². The number of para-hydroxylation sites is 1. The molecule has 0 saturated carbocycles. The lowest BCUT2D eigenvalue weighted by Gasteiger charge is -2.15. The van der Waals surface area contributed by atoms with E-state index in [-0.39, 0.29) is 6.10 Å². The summed E-state index contributed by atoms with van der Waals surface area (Å²) in [5.74, 6) is 0. The molecule has 22 heavy (non-hydrogen) atoms. The molecule has 0 amide bonds. The number of ether oxygens (including phenoxy) is 1. The molecule has 0 spiro atoms. The number of nitrogens with one attached hydrogen (secondary N) is 1. The van der Waals surface area contributed by atoms with E-state index in [4.69, 9.17) is 4.74 Å². The molecule has 0 aliphatic carbocycles. The van der Waals surface area contributed by atoms with Gasteiger partial charge in [0.15, 0.2) is 0 Å². The lowest BCUT2D eigenvalue weighted by Crippen LogP contribution is -2.38. The lowest BCUT2D eigenvalue weighted by atomic mass is 10.3. The maximum Gasteiger partial charge on any atom is 0.217 e. The van der Waals surface area contributed by atoms with Crippen LogP contribution in [-0.4, -0.2) is 37.9 Å². The Morgan fingerprint density at radius 2 is 2.23 bits per heavy atom. The van der Waals surface area contributed by atoms with E-state index in [0.29, 0.717) is 19.6 Å². The third-order valence-electron chi connectivity index (χ3n) is 3.91. The molecule has 120 valence electrons. The van der Waals surface area contributed by atoms with E-state index >= 15 is 0 Å². The first-order valence-electron chi connectivity index (χ1n) is 7.51. The summed E-state index contributed by atoms with van der Waals surface area (Å²) in [5, 5.41) is 0.632. The SMILES string of the molecule is C[C@H]1OCC[C@@H]1S(=O)(=O)NCCCc1nc2ccccc2s1. The Hall–Kier alpha value is -1.02. The molecule has 1 aromatic carbocycles. The van der Waals surface area contributed by atoms with Crippen LogP contribution in [0, 0.1) is 0 Å². The number of rotatable bonds is 6. The van der Waals surface area contributed by atoms with Crippen molar-refractivity contribution in [2.75, 3.05) is 13.2 Å². The molecule has 1 saturated heterocycles. The van der Waals surface area contributed by atoms with Crippen molar-refractivity contribution in [3.8, 4) is 0 Å². The minimum Gasteiger partial charge on any atom is -0.377 e. The largest absolute Gasteiger partial charge is 0.377 e. The van der Waals surface area contributed by atoms with Crippen LogP contribution in [0.2, 0.25) is 0 Å². The second-order valence-corrected chi connectivity index (χ2v) is 8.62. The van der Waals surface area contributed by atoms with Crippen LogP contribution in [0.4, 0.5) is 0 Å². The zero-order valence-corrected chi connectivity index (χ0v) is 14.1. The van der Waals surface area contributed by atoms with Crippen molar-refractivity contribution < 1.29 is 13.2 Å². The second kappa shape index (κ2) is 6.62. The van der Waals surface area contributed by atoms with Gasteiger partial charge in [-0.3, -0.25) is 0 Å². The number of hydrogen-bond donors (Lipinski definition) is 1. The molecular weight excluding hydrogens is 320 g/mol. The molecule has 2 heterocycles. The number of aryl methyl sites for hydroxylation is 1. The first-order valence-corrected chi connectivity index (χ1v) is 9.87.